The van der Waals surface area contributed by atoms with Gasteiger partial charge in [0, 0.05) is 31.3 Å². The van der Waals surface area contributed by atoms with Gasteiger partial charge in [0.2, 0.25) is 11.8 Å². The second-order valence-corrected chi connectivity index (χ2v) is 5.44. The number of aromatic nitrogens is 1. The van der Waals surface area contributed by atoms with Crippen molar-refractivity contribution in [2.24, 2.45) is 5.41 Å². The number of hydrogen-bond acceptors (Lipinski definition) is 3. The topological polar surface area (TPSA) is 42.4 Å². The van der Waals surface area contributed by atoms with E-state index >= 15 is 0 Å². The smallest absolute Gasteiger partial charge is 0.227 e. The standard InChI is InChI=1S/C14H22N2O2/c1-14(2,3)13(17)16(4)9-8-11-6-7-12(18-5)15-10-11/h6-7,10H,8-9H2,1-5H3. The van der Waals surface area contributed by atoms with Crippen molar-refractivity contribution in [3.8, 4) is 5.88 Å². The Labute approximate surface area is 109 Å². The maximum absolute atomic E-state index is 12.0. The molecule has 0 radical (unpaired) electrons. The van der Waals surface area contributed by atoms with Gasteiger partial charge in [-0.1, -0.05) is 26.8 Å². The minimum Gasteiger partial charge on any atom is -0.481 e. The number of methoxy groups -OCH3 is 1. The van der Waals surface area contributed by atoms with E-state index in [0.717, 1.165) is 12.0 Å². The van der Waals surface area contributed by atoms with Crippen LogP contribution in [0.4, 0.5) is 0 Å². The summed E-state index contributed by atoms with van der Waals surface area (Å²) in [5.41, 5.74) is 0.775. The maximum Gasteiger partial charge on any atom is 0.227 e. The first-order valence-corrected chi connectivity index (χ1v) is 6.09. The Kier molecular flexibility index (Phi) is 4.70. The number of rotatable bonds is 4. The number of carbonyl (C=O) groups is 1. The van der Waals surface area contributed by atoms with E-state index < -0.39 is 0 Å². The van der Waals surface area contributed by atoms with Crippen LogP contribution >= 0.6 is 0 Å². The van der Waals surface area contributed by atoms with Crippen molar-refractivity contribution in [2.45, 2.75) is 27.2 Å². The molecule has 1 amide bonds. The van der Waals surface area contributed by atoms with Crippen LogP contribution in [0.2, 0.25) is 0 Å². The molecule has 0 aliphatic rings. The molecule has 0 unspecified atom stereocenters. The van der Waals surface area contributed by atoms with Crippen LogP contribution in [0.1, 0.15) is 26.3 Å². The molecular weight excluding hydrogens is 228 g/mol. The Morgan fingerprint density at radius 2 is 2.06 bits per heavy atom. The normalized spacial score (nSPS) is 11.2. The zero-order chi connectivity index (χ0) is 13.8. The summed E-state index contributed by atoms with van der Waals surface area (Å²) >= 11 is 0. The highest BCUT2D eigenvalue weighted by Gasteiger charge is 2.24. The van der Waals surface area contributed by atoms with Crippen molar-refractivity contribution in [3.05, 3.63) is 23.9 Å². The van der Waals surface area contributed by atoms with Crippen molar-refractivity contribution in [3.63, 3.8) is 0 Å². The van der Waals surface area contributed by atoms with Crippen LogP contribution < -0.4 is 4.74 Å². The van der Waals surface area contributed by atoms with E-state index in [4.69, 9.17) is 4.74 Å². The monoisotopic (exact) mass is 250 g/mol. The third kappa shape index (κ3) is 4.02. The van der Waals surface area contributed by atoms with Gasteiger partial charge in [0.05, 0.1) is 7.11 Å². The van der Waals surface area contributed by atoms with E-state index in [9.17, 15) is 4.79 Å². The molecule has 18 heavy (non-hydrogen) atoms. The first kappa shape index (κ1) is 14.5. The van der Waals surface area contributed by atoms with Crippen molar-refractivity contribution >= 4 is 5.91 Å². The molecule has 1 heterocycles. The second-order valence-electron chi connectivity index (χ2n) is 5.44. The van der Waals surface area contributed by atoms with Gasteiger partial charge in [0.25, 0.3) is 0 Å². The van der Waals surface area contributed by atoms with Gasteiger partial charge in [-0.05, 0) is 12.0 Å². The molecule has 100 valence electrons. The second kappa shape index (κ2) is 5.85. The van der Waals surface area contributed by atoms with Crippen molar-refractivity contribution < 1.29 is 9.53 Å². The molecule has 0 aromatic carbocycles. The largest absolute Gasteiger partial charge is 0.481 e. The average molecular weight is 250 g/mol. The van der Waals surface area contributed by atoms with Crippen LogP contribution in [0.15, 0.2) is 18.3 Å². The van der Waals surface area contributed by atoms with Gasteiger partial charge in [0.1, 0.15) is 0 Å². The lowest BCUT2D eigenvalue weighted by Crippen LogP contribution is -2.37. The lowest BCUT2D eigenvalue weighted by Gasteiger charge is -2.25. The fraction of sp³-hybridized carbons (Fsp3) is 0.571. The van der Waals surface area contributed by atoms with E-state index in [1.165, 1.54) is 0 Å². The van der Waals surface area contributed by atoms with Crippen LogP contribution in [0.5, 0.6) is 5.88 Å². The SMILES string of the molecule is COc1ccc(CCN(C)C(=O)C(C)(C)C)cn1. The summed E-state index contributed by atoms with van der Waals surface area (Å²) in [4.78, 5) is 17.9. The summed E-state index contributed by atoms with van der Waals surface area (Å²) in [5.74, 6) is 0.766. The van der Waals surface area contributed by atoms with Gasteiger partial charge >= 0.3 is 0 Å². The average Bonchev–Trinajstić information content (AvgIpc) is 2.34. The molecule has 4 heteroatoms. The Balaban J connectivity index is 2.52. The number of ether oxygens (including phenoxy) is 1. The molecule has 0 atom stereocenters. The number of carbonyl (C=O) groups excluding carboxylic acids is 1. The van der Waals surface area contributed by atoms with Crippen LogP contribution in [0.25, 0.3) is 0 Å². The van der Waals surface area contributed by atoms with Crippen LogP contribution in [0, 0.1) is 5.41 Å². The number of likely N-dealkylation sites (N-methyl/N-ethyl adjacent to an activating group) is 1. The molecule has 0 spiro atoms. The Hall–Kier alpha value is -1.58. The summed E-state index contributed by atoms with van der Waals surface area (Å²) in [6.07, 6.45) is 2.59. The van der Waals surface area contributed by atoms with Crippen LogP contribution in [0.3, 0.4) is 0 Å². The molecule has 4 nitrogen and oxygen atoms in total. The molecule has 1 aromatic heterocycles. The predicted octanol–water partition coefficient (Wildman–Crippen LogP) is 2.14. The first-order valence-electron chi connectivity index (χ1n) is 6.09. The minimum absolute atomic E-state index is 0.156. The molecule has 1 aromatic rings. The van der Waals surface area contributed by atoms with Crippen molar-refractivity contribution in [2.75, 3.05) is 20.7 Å². The fourth-order valence-corrected chi connectivity index (χ4v) is 1.65. The molecule has 1 rings (SSSR count). The van der Waals surface area contributed by atoms with Gasteiger partial charge in [-0.15, -0.1) is 0 Å². The minimum atomic E-state index is -0.326. The summed E-state index contributed by atoms with van der Waals surface area (Å²) < 4.78 is 5.00. The number of amides is 1. The predicted molar refractivity (Wildman–Crippen MR) is 71.6 cm³/mol. The molecule has 0 aliphatic heterocycles. The van der Waals surface area contributed by atoms with Crippen LogP contribution in [-0.2, 0) is 11.2 Å². The van der Waals surface area contributed by atoms with Crippen molar-refractivity contribution in [1.82, 2.24) is 9.88 Å². The van der Waals surface area contributed by atoms with Crippen molar-refractivity contribution in [1.29, 1.82) is 0 Å². The van der Waals surface area contributed by atoms with E-state index in [1.54, 1.807) is 18.2 Å². The summed E-state index contributed by atoms with van der Waals surface area (Å²) in [5, 5.41) is 0. The van der Waals surface area contributed by atoms with Gasteiger partial charge in [-0.2, -0.15) is 0 Å². The molecule has 0 bridgehead atoms. The summed E-state index contributed by atoms with van der Waals surface area (Å²) in [6.45, 7) is 6.49. The number of nitrogens with zero attached hydrogens (tertiary/aromatic N) is 2. The number of hydrogen-bond donors (Lipinski definition) is 0. The highest BCUT2D eigenvalue weighted by molar-refractivity contribution is 5.81. The Morgan fingerprint density at radius 1 is 1.39 bits per heavy atom. The van der Waals surface area contributed by atoms with E-state index in [2.05, 4.69) is 4.98 Å². The van der Waals surface area contributed by atoms with E-state index in [-0.39, 0.29) is 11.3 Å². The highest BCUT2D eigenvalue weighted by atomic mass is 16.5. The Morgan fingerprint density at radius 3 is 2.50 bits per heavy atom. The summed E-state index contributed by atoms with van der Waals surface area (Å²) in [6, 6.07) is 3.81. The summed E-state index contributed by atoms with van der Waals surface area (Å²) in [7, 11) is 3.43. The third-order valence-electron chi connectivity index (χ3n) is 2.73. The fourth-order valence-electron chi connectivity index (χ4n) is 1.65. The Bertz CT molecular complexity index is 393. The molecule has 0 aliphatic carbocycles. The zero-order valence-corrected chi connectivity index (χ0v) is 11.9. The first-order chi connectivity index (χ1) is 8.34. The van der Waals surface area contributed by atoms with Gasteiger partial charge in [-0.25, -0.2) is 4.98 Å². The quantitative estimate of drug-likeness (QED) is 0.822. The molecule has 0 fully saturated rings. The number of pyridine rings is 1. The molecule has 0 saturated heterocycles. The third-order valence-corrected chi connectivity index (χ3v) is 2.73. The van der Waals surface area contributed by atoms with Gasteiger partial charge in [-0.3, -0.25) is 4.79 Å². The van der Waals surface area contributed by atoms with Crippen LogP contribution in [-0.4, -0.2) is 36.5 Å². The van der Waals surface area contributed by atoms with Gasteiger partial charge < -0.3 is 9.64 Å². The zero-order valence-electron chi connectivity index (χ0n) is 11.9. The lowest BCUT2D eigenvalue weighted by atomic mass is 9.95. The van der Waals surface area contributed by atoms with E-state index in [1.807, 2.05) is 40.0 Å². The van der Waals surface area contributed by atoms with Gasteiger partial charge in [0.15, 0.2) is 0 Å². The van der Waals surface area contributed by atoms with E-state index in [0.29, 0.717) is 12.4 Å². The molecule has 0 saturated carbocycles. The maximum atomic E-state index is 12.0. The highest BCUT2D eigenvalue weighted by Crippen LogP contribution is 2.16. The molecular formula is C14H22N2O2. The lowest BCUT2D eigenvalue weighted by molar-refractivity contribution is -0.138. The molecule has 0 N–H and O–H groups in total.